The lowest BCUT2D eigenvalue weighted by Crippen LogP contribution is -2.28. The second-order valence-electron chi connectivity index (χ2n) is 7.61. The molecule has 1 N–H and O–H groups in total. The summed E-state index contributed by atoms with van der Waals surface area (Å²) in [4.78, 5) is 17.7. The Morgan fingerprint density at radius 1 is 1.17 bits per heavy atom. The molecule has 29 heavy (non-hydrogen) atoms. The van der Waals surface area contributed by atoms with Crippen molar-refractivity contribution in [1.29, 1.82) is 0 Å². The fourth-order valence-electron chi connectivity index (χ4n) is 4.33. The van der Waals surface area contributed by atoms with E-state index in [2.05, 4.69) is 10.3 Å². The molecule has 0 bridgehead atoms. The number of fused-ring (bicyclic) bond motifs is 1. The predicted molar refractivity (Wildman–Crippen MR) is 105 cm³/mol. The number of amides is 1. The zero-order valence-corrected chi connectivity index (χ0v) is 15.8. The minimum absolute atomic E-state index is 0.152. The molecular formula is C22H22F3N3O. The number of alkyl halides is 3. The topological polar surface area (TPSA) is 45.2 Å². The molecule has 1 aromatic carbocycles. The van der Waals surface area contributed by atoms with Crippen molar-refractivity contribution < 1.29 is 18.0 Å². The average molecular weight is 401 g/mol. The van der Waals surface area contributed by atoms with E-state index in [9.17, 15) is 18.0 Å². The number of para-hydroxylation sites is 1. The van der Waals surface area contributed by atoms with E-state index in [4.69, 9.17) is 0 Å². The number of hydrogen-bond donors (Lipinski definition) is 1. The molecule has 152 valence electrons. The summed E-state index contributed by atoms with van der Waals surface area (Å²) in [5.41, 5.74) is 0.573. The molecule has 1 aliphatic carbocycles. The Balaban J connectivity index is 1.23. The molecule has 4 nitrogen and oxygen atoms in total. The fourth-order valence-corrected chi connectivity index (χ4v) is 4.33. The van der Waals surface area contributed by atoms with Crippen molar-refractivity contribution in [2.45, 2.75) is 12.6 Å². The van der Waals surface area contributed by atoms with Gasteiger partial charge in [0.05, 0.1) is 5.56 Å². The van der Waals surface area contributed by atoms with E-state index < -0.39 is 11.7 Å². The van der Waals surface area contributed by atoms with Crippen LogP contribution in [0.2, 0.25) is 0 Å². The molecule has 2 fully saturated rings. The van der Waals surface area contributed by atoms with Crippen LogP contribution < -0.4 is 10.2 Å². The van der Waals surface area contributed by atoms with Gasteiger partial charge in [-0.15, -0.1) is 0 Å². The number of carbonyl (C=O) groups excluding carboxylic acids is 1. The van der Waals surface area contributed by atoms with Crippen molar-refractivity contribution in [2.75, 3.05) is 24.5 Å². The van der Waals surface area contributed by atoms with E-state index in [1.807, 2.05) is 11.0 Å². The van der Waals surface area contributed by atoms with Gasteiger partial charge in [0.1, 0.15) is 0 Å². The summed E-state index contributed by atoms with van der Waals surface area (Å²) in [6.07, 6.45) is 3.07. The lowest BCUT2D eigenvalue weighted by atomic mass is 10.1. The van der Waals surface area contributed by atoms with E-state index in [0.29, 0.717) is 37.4 Å². The molecule has 4 rings (SSSR count). The van der Waals surface area contributed by atoms with Gasteiger partial charge < -0.3 is 10.2 Å². The number of anilines is 1. The summed E-state index contributed by atoms with van der Waals surface area (Å²) in [7, 11) is 0. The fraction of sp³-hybridized carbons (Fsp3) is 0.364. The number of aromatic nitrogens is 1. The van der Waals surface area contributed by atoms with Crippen molar-refractivity contribution in [2.24, 2.45) is 17.8 Å². The van der Waals surface area contributed by atoms with Crippen LogP contribution in [0.1, 0.15) is 17.5 Å². The summed E-state index contributed by atoms with van der Waals surface area (Å²) >= 11 is 0. The third-order valence-corrected chi connectivity index (χ3v) is 5.81. The molecule has 3 atom stereocenters. The summed E-state index contributed by atoms with van der Waals surface area (Å²) in [5.74, 6) is 1.16. The van der Waals surface area contributed by atoms with E-state index in [1.165, 1.54) is 12.1 Å². The number of pyridine rings is 1. The van der Waals surface area contributed by atoms with E-state index in [1.54, 1.807) is 36.7 Å². The van der Waals surface area contributed by atoms with Gasteiger partial charge in [-0.3, -0.25) is 9.78 Å². The number of halogens is 3. The van der Waals surface area contributed by atoms with Crippen molar-refractivity contribution in [3.05, 3.63) is 66.0 Å². The maximum absolute atomic E-state index is 13.2. The van der Waals surface area contributed by atoms with Gasteiger partial charge >= 0.3 is 6.18 Å². The minimum atomic E-state index is -4.34. The maximum Gasteiger partial charge on any atom is 0.418 e. The van der Waals surface area contributed by atoms with Gasteiger partial charge in [-0.1, -0.05) is 18.2 Å². The van der Waals surface area contributed by atoms with Crippen LogP contribution in [0.25, 0.3) is 6.08 Å². The number of nitrogens with one attached hydrogen (secondary N) is 1. The zero-order valence-electron chi connectivity index (χ0n) is 15.8. The Hall–Kier alpha value is -2.83. The monoisotopic (exact) mass is 401 g/mol. The molecule has 2 aromatic rings. The third kappa shape index (κ3) is 4.44. The number of hydrogen-bond acceptors (Lipinski definition) is 3. The Morgan fingerprint density at radius 2 is 1.93 bits per heavy atom. The second kappa shape index (κ2) is 7.89. The highest BCUT2D eigenvalue weighted by Gasteiger charge is 2.55. The maximum atomic E-state index is 13.2. The molecule has 2 heterocycles. The number of carbonyl (C=O) groups is 1. The second-order valence-corrected chi connectivity index (χ2v) is 7.61. The highest BCUT2D eigenvalue weighted by molar-refractivity contribution is 5.91. The molecule has 1 amide bonds. The molecule has 1 unspecified atom stereocenters. The summed E-state index contributed by atoms with van der Waals surface area (Å²) < 4.78 is 39.7. The van der Waals surface area contributed by atoms with Gasteiger partial charge in [-0.25, -0.2) is 0 Å². The van der Waals surface area contributed by atoms with Gasteiger partial charge in [-0.05, 0) is 54.0 Å². The van der Waals surface area contributed by atoms with Crippen molar-refractivity contribution in [3.8, 4) is 0 Å². The standard InChI is InChI=1S/C22H22F3N3O/c23-22(24,25)19-5-1-2-6-20(19)28-13-17-16(18(17)14-28)9-11-27-21(29)8-7-15-4-3-10-26-12-15/h1-8,10,12,16-18H,9,11,13-14H2,(H,27,29)/b8-7+/t16?,17-,18+. The predicted octanol–water partition coefficient (Wildman–Crippen LogP) is 4.00. The van der Waals surface area contributed by atoms with E-state index >= 15 is 0 Å². The Bertz CT molecular complexity index is 886. The minimum Gasteiger partial charge on any atom is -0.370 e. The third-order valence-electron chi connectivity index (χ3n) is 5.81. The molecule has 2 aliphatic rings. The molecule has 1 aromatic heterocycles. The number of rotatable bonds is 6. The largest absolute Gasteiger partial charge is 0.418 e. The molecular weight excluding hydrogens is 379 g/mol. The summed E-state index contributed by atoms with van der Waals surface area (Å²) in [5, 5.41) is 2.88. The van der Waals surface area contributed by atoms with Crippen LogP contribution in [0, 0.1) is 17.8 Å². The van der Waals surface area contributed by atoms with Gasteiger partial charge in [-0.2, -0.15) is 13.2 Å². The van der Waals surface area contributed by atoms with Crippen LogP contribution >= 0.6 is 0 Å². The smallest absolute Gasteiger partial charge is 0.370 e. The van der Waals surface area contributed by atoms with Gasteiger partial charge in [0.25, 0.3) is 0 Å². The zero-order chi connectivity index (χ0) is 20.4. The lowest BCUT2D eigenvalue weighted by Gasteiger charge is -2.25. The number of piperidine rings is 1. The molecule has 0 radical (unpaired) electrons. The van der Waals surface area contributed by atoms with E-state index in [0.717, 1.165) is 18.1 Å². The number of nitrogens with zero attached hydrogens (tertiary/aromatic N) is 2. The number of benzene rings is 1. The molecule has 1 saturated carbocycles. The van der Waals surface area contributed by atoms with Crippen LogP contribution in [0.15, 0.2) is 54.9 Å². The Kier molecular flexibility index (Phi) is 5.30. The van der Waals surface area contributed by atoms with Crippen molar-refractivity contribution in [1.82, 2.24) is 10.3 Å². The first kappa shape index (κ1) is 19.5. The quantitative estimate of drug-likeness (QED) is 0.745. The highest BCUT2D eigenvalue weighted by Crippen LogP contribution is 2.55. The van der Waals surface area contributed by atoms with Crippen molar-refractivity contribution in [3.63, 3.8) is 0 Å². The SMILES string of the molecule is O=C(/C=C/c1cccnc1)NCCC1[C@H]2CN(c3ccccc3C(F)(F)F)C[C@@H]12. The van der Waals surface area contributed by atoms with Gasteiger partial charge in [0.15, 0.2) is 0 Å². The van der Waals surface area contributed by atoms with Crippen LogP contribution in [0.4, 0.5) is 18.9 Å². The molecule has 1 saturated heterocycles. The Labute approximate surface area is 167 Å². The summed E-state index contributed by atoms with van der Waals surface area (Å²) in [6, 6.07) is 9.45. The van der Waals surface area contributed by atoms with Crippen LogP contribution in [-0.2, 0) is 11.0 Å². The normalized spacial score (nSPS) is 23.3. The summed E-state index contributed by atoms with van der Waals surface area (Å²) in [6.45, 7) is 1.88. The average Bonchev–Trinajstić information content (AvgIpc) is 3.15. The highest BCUT2D eigenvalue weighted by atomic mass is 19.4. The molecule has 7 heteroatoms. The van der Waals surface area contributed by atoms with Crippen LogP contribution in [0.3, 0.4) is 0 Å². The lowest BCUT2D eigenvalue weighted by molar-refractivity contribution is -0.137. The van der Waals surface area contributed by atoms with Crippen LogP contribution in [0.5, 0.6) is 0 Å². The van der Waals surface area contributed by atoms with Gasteiger partial charge in [0, 0.05) is 43.8 Å². The van der Waals surface area contributed by atoms with E-state index in [-0.39, 0.29) is 11.6 Å². The van der Waals surface area contributed by atoms with Crippen molar-refractivity contribution >= 4 is 17.7 Å². The first-order valence-electron chi connectivity index (χ1n) is 9.70. The first-order valence-corrected chi connectivity index (χ1v) is 9.70. The molecule has 1 aliphatic heterocycles. The Morgan fingerprint density at radius 3 is 2.62 bits per heavy atom. The molecule has 0 spiro atoms. The first-order chi connectivity index (χ1) is 13.9. The van der Waals surface area contributed by atoms with Gasteiger partial charge in [0.2, 0.25) is 5.91 Å². The van der Waals surface area contributed by atoms with Crippen LogP contribution in [-0.4, -0.2) is 30.5 Å².